The van der Waals surface area contributed by atoms with Crippen molar-refractivity contribution in [3.63, 3.8) is 0 Å². The van der Waals surface area contributed by atoms with Crippen molar-refractivity contribution in [2.45, 2.75) is 6.42 Å². The van der Waals surface area contributed by atoms with E-state index in [-0.39, 0.29) is 28.6 Å². The molecule has 21 heavy (non-hydrogen) atoms. The minimum Gasteiger partial charge on any atom is -0.508 e. The molecule has 5 N–H and O–H groups in total. The summed E-state index contributed by atoms with van der Waals surface area (Å²) < 4.78 is 0. The molecule has 0 unspecified atom stereocenters. The van der Waals surface area contributed by atoms with E-state index >= 15 is 0 Å². The molecule has 2 rings (SSSR count). The molecule has 0 aliphatic carbocycles. The van der Waals surface area contributed by atoms with Gasteiger partial charge in [-0.1, -0.05) is 6.07 Å². The first kappa shape index (κ1) is 14.5. The topological polar surface area (TPSA) is 110 Å². The van der Waals surface area contributed by atoms with E-state index in [1.165, 1.54) is 24.3 Å². The van der Waals surface area contributed by atoms with Gasteiger partial charge in [-0.25, -0.2) is 0 Å². The Bertz CT molecular complexity index is 669. The first-order valence-corrected chi connectivity index (χ1v) is 6.28. The average Bonchev–Trinajstić information content (AvgIpc) is 2.42. The smallest absolute Gasteiger partial charge is 0.255 e. The molecular weight excluding hydrogens is 274 g/mol. The van der Waals surface area contributed by atoms with Gasteiger partial charge < -0.3 is 25.7 Å². The number of benzene rings is 2. The number of nitrogens with one attached hydrogen (secondary N) is 1. The summed E-state index contributed by atoms with van der Waals surface area (Å²) in [6, 6.07) is 8.16. The van der Waals surface area contributed by atoms with E-state index in [1.807, 2.05) is 0 Å². The second-order valence-electron chi connectivity index (χ2n) is 4.53. The van der Waals surface area contributed by atoms with Crippen LogP contribution in [0.5, 0.6) is 23.0 Å². The molecule has 6 nitrogen and oxygen atoms in total. The minimum atomic E-state index is -0.462. The lowest BCUT2D eigenvalue weighted by Crippen LogP contribution is -2.25. The predicted molar refractivity (Wildman–Crippen MR) is 75.6 cm³/mol. The van der Waals surface area contributed by atoms with Crippen molar-refractivity contribution in [2.75, 3.05) is 6.54 Å². The molecule has 0 aromatic heterocycles. The number of rotatable bonds is 4. The van der Waals surface area contributed by atoms with E-state index in [0.29, 0.717) is 13.0 Å². The molecule has 0 aliphatic rings. The van der Waals surface area contributed by atoms with Crippen molar-refractivity contribution in [2.24, 2.45) is 0 Å². The second kappa shape index (κ2) is 6.04. The highest BCUT2D eigenvalue weighted by atomic mass is 16.3. The highest BCUT2D eigenvalue weighted by molar-refractivity contribution is 5.96. The number of aromatic hydroxyl groups is 4. The van der Waals surface area contributed by atoms with Gasteiger partial charge in [0.25, 0.3) is 5.91 Å². The molecule has 0 saturated carbocycles. The van der Waals surface area contributed by atoms with Crippen molar-refractivity contribution >= 4 is 5.91 Å². The third kappa shape index (κ3) is 3.56. The molecule has 1 amide bonds. The summed E-state index contributed by atoms with van der Waals surface area (Å²) in [5.74, 6) is -1.29. The third-order valence-electron chi connectivity index (χ3n) is 2.96. The number of carbonyl (C=O) groups is 1. The van der Waals surface area contributed by atoms with Gasteiger partial charge in [0.2, 0.25) is 0 Å². The number of hydrogen-bond donors (Lipinski definition) is 5. The van der Waals surface area contributed by atoms with Crippen LogP contribution in [-0.2, 0) is 6.42 Å². The fraction of sp³-hybridized carbons (Fsp3) is 0.133. The van der Waals surface area contributed by atoms with Crippen molar-refractivity contribution < 1.29 is 25.2 Å². The molecule has 2 aromatic carbocycles. The molecule has 0 aliphatic heterocycles. The van der Waals surface area contributed by atoms with Crippen molar-refractivity contribution in [3.05, 3.63) is 47.5 Å². The number of phenolic OH excluding ortho intramolecular Hbond substituents is 4. The van der Waals surface area contributed by atoms with E-state index in [2.05, 4.69) is 5.32 Å². The number of carbonyl (C=O) groups excluding carboxylic acids is 1. The van der Waals surface area contributed by atoms with Crippen LogP contribution in [0.3, 0.4) is 0 Å². The van der Waals surface area contributed by atoms with Gasteiger partial charge in [0, 0.05) is 12.6 Å². The minimum absolute atomic E-state index is 0.0707. The molecule has 110 valence electrons. The van der Waals surface area contributed by atoms with Crippen LogP contribution in [-0.4, -0.2) is 32.9 Å². The van der Waals surface area contributed by atoms with Crippen LogP contribution < -0.4 is 5.32 Å². The normalized spacial score (nSPS) is 10.3. The van der Waals surface area contributed by atoms with Crippen LogP contribution in [0.15, 0.2) is 36.4 Å². The summed E-state index contributed by atoms with van der Waals surface area (Å²) in [5.41, 5.74) is 0.821. The van der Waals surface area contributed by atoms with E-state index in [1.54, 1.807) is 6.07 Å². The van der Waals surface area contributed by atoms with E-state index in [4.69, 9.17) is 5.11 Å². The molecular formula is C15H15NO5. The predicted octanol–water partition coefficient (Wildman–Crippen LogP) is 1.48. The molecule has 2 aromatic rings. The summed E-state index contributed by atoms with van der Waals surface area (Å²) in [7, 11) is 0. The Morgan fingerprint density at radius 3 is 2.33 bits per heavy atom. The maximum atomic E-state index is 11.8. The quantitative estimate of drug-likeness (QED) is 0.548. The van der Waals surface area contributed by atoms with E-state index in [0.717, 1.165) is 11.6 Å². The van der Waals surface area contributed by atoms with Crippen LogP contribution in [0.2, 0.25) is 0 Å². The lowest BCUT2D eigenvalue weighted by molar-refractivity contribution is 0.0951. The third-order valence-corrected chi connectivity index (χ3v) is 2.96. The van der Waals surface area contributed by atoms with Gasteiger partial charge in [0.1, 0.15) is 11.5 Å². The van der Waals surface area contributed by atoms with Gasteiger partial charge >= 0.3 is 0 Å². The average molecular weight is 289 g/mol. The van der Waals surface area contributed by atoms with Gasteiger partial charge in [-0.2, -0.15) is 0 Å². The second-order valence-corrected chi connectivity index (χ2v) is 4.53. The first-order valence-electron chi connectivity index (χ1n) is 6.28. The summed E-state index contributed by atoms with van der Waals surface area (Å²) >= 11 is 0. The monoisotopic (exact) mass is 289 g/mol. The summed E-state index contributed by atoms with van der Waals surface area (Å²) in [6.45, 7) is 0.295. The largest absolute Gasteiger partial charge is 0.508 e. The van der Waals surface area contributed by atoms with E-state index in [9.17, 15) is 20.1 Å². The highest BCUT2D eigenvalue weighted by Crippen LogP contribution is 2.25. The standard InChI is InChI=1S/C15H15NO5/c17-10-2-3-11(13(19)8-10)15(21)16-6-5-9-1-4-12(18)14(20)7-9/h1-4,7-8,17-20H,5-6H2,(H,16,21). The molecule has 0 bridgehead atoms. The lowest BCUT2D eigenvalue weighted by atomic mass is 10.1. The van der Waals surface area contributed by atoms with Crippen molar-refractivity contribution in [1.82, 2.24) is 5.32 Å². The van der Waals surface area contributed by atoms with Crippen molar-refractivity contribution in [3.8, 4) is 23.0 Å². The SMILES string of the molecule is O=C(NCCc1ccc(O)c(O)c1)c1ccc(O)cc1O. The van der Waals surface area contributed by atoms with Gasteiger partial charge in [-0.3, -0.25) is 4.79 Å². The Hall–Kier alpha value is -2.89. The zero-order chi connectivity index (χ0) is 15.4. The van der Waals surface area contributed by atoms with Gasteiger partial charge in [-0.05, 0) is 36.2 Å². The van der Waals surface area contributed by atoms with Gasteiger partial charge in [-0.15, -0.1) is 0 Å². The zero-order valence-corrected chi connectivity index (χ0v) is 11.1. The molecule has 0 spiro atoms. The Morgan fingerprint density at radius 1 is 0.905 bits per heavy atom. The summed E-state index contributed by atoms with van der Waals surface area (Å²) in [6.07, 6.45) is 0.457. The molecule has 6 heteroatoms. The lowest BCUT2D eigenvalue weighted by Gasteiger charge is -2.08. The van der Waals surface area contributed by atoms with Crippen LogP contribution in [0.25, 0.3) is 0 Å². The van der Waals surface area contributed by atoms with Gasteiger partial charge in [0.05, 0.1) is 5.56 Å². The fourth-order valence-electron chi connectivity index (χ4n) is 1.85. The van der Waals surface area contributed by atoms with Crippen LogP contribution >= 0.6 is 0 Å². The molecule has 0 atom stereocenters. The summed E-state index contributed by atoms with van der Waals surface area (Å²) in [4.78, 5) is 11.8. The first-order chi connectivity index (χ1) is 9.97. The Labute approximate surface area is 120 Å². The Morgan fingerprint density at radius 2 is 1.67 bits per heavy atom. The molecule has 0 saturated heterocycles. The Balaban J connectivity index is 1.93. The van der Waals surface area contributed by atoms with Crippen LogP contribution in [0, 0.1) is 0 Å². The highest BCUT2D eigenvalue weighted by Gasteiger charge is 2.11. The van der Waals surface area contributed by atoms with Crippen LogP contribution in [0.4, 0.5) is 0 Å². The van der Waals surface area contributed by atoms with Crippen molar-refractivity contribution in [1.29, 1.82) is 0 Å². The molecule has 0 radical (unpaired) electrons. The summed E-state index contributed by atoms with van der Waals surface area (Å²) in [5, 5.41) is 39.9. The Kier molecular flexibility index (Phi) is 4.18. The number of hydrogen-bond acceptors (Lipinski definition) is 5. The number of phenols is 4. The number of amides is 1. The van der Waals surface area contributed by atoms with E-state index < -0.39 is 5.91 Å². The van der Waals surface area contributed by atoms with Crippen LogP contribution in [0.1, 0.15) is 15.9 Å². The maximum absolute atomic E-state index is 11.8. The van der Waals surface area contributed by atoms with Gasteiger partial charge in [0.15, 0.2) is 11.5 Å². The maximum Gasteiger partial charge on any atom is 0.255 e. The molecule has 0 fully saturated rings. The molecule has 0 heterocycles. The fourth-order valence-corrected chi connectivity index (χ4v) is 1.85. The zero-order valence-electron chi connectivity index (χ0n) is 11.1.